The highest BCUT2D eigenvalue weighted by atomic mass is 15.1. The molecule has 0 aliphatic heterocycles. The molecule has 58 heavy (non-hydrogen) atoms. The van der Waals surface area contributed by atoms with Crippen molar-refractivity contribution in [2.24, 2.45) is 0 Å². The molecule has 1 aliphatic rings. The molecule has 1 nitrogen and oxygen atoms in total. The molecule has 0 unspecified atom stereocenters. The molecule has 270 valence electrons. The zero-order valence-electron chi connectivity index (χ0n) is 31.8. The van der Waals surface area contributed by atoms with E-state index in [-0.39, 0.29) is 0 Å². The van der Waals surface area contributed by atoms with Crippen LogP contribution in [0.4, 0.5) is 17.1 Å². The largest absolute Gasteiger partial charge is 0.310 e. The maximum absolute atomic E-state index is 2.56. The summed E-state index contributed by atoms with van der Waals surface area (Å²) in [6.07, 6.45) is 0. The van der Waals surface area contributed by atoms with Crippen molar-refractivity contribution in [1.29, 1.82) is 0 Å². The van der Waals surface area contributed by atoms with Crippen LogP contribution in [0.2, 0.25) is 0 Å². The van der Waals surface area contributed by atoms with Gasteiger partial charge in [-0.2, -0.15) is 0 Å². The van der Waals surface area contributed by atoms with Crippen molar-refractivity contribution in [2.75, 3.05) is 4.90 Å². The van der Waals surface area contributed by atoms with E-state index < -0.39 is 5.41 Å². The van der Waals surface area contributed by atoms with Gasteiger partial charge in [0.05, 0.1) is 5.41 Å². The van der Waals surface area contributed by atoms with E-state index >= 15 is 0 Å². The van der Waals surface area contributed by atoms with E-state index in [2.05, 4.69) is 229 Å². The molecule has 0 spiro atoms. The molecule has 0 fully saturated rings. The Labute approximate surface area is 337 Å². The van der Waals surface area contributed by atoms with Crippen molar-refractivity contribution < 1.29 is 0 Å². The van der Waals surface area contributed by atoms with Gasteiger partial charge in [-0.1, -0.05) is 176 Å². The van der Waals surface area contributed by atoms with Gasteiger partial charge in [0.15, 0.2) is 0 Å². The van der Waals surface area contributed by atoms with E-state index in [9.17, 15) is 0 Å². The van der Waals surface area contributed by atoms with E-state index in [0.29, 0.717) is 0 Å². The minimum absolute atomic E-state index is 0.493. The number of fused-ring (bicyclic) bond motifs is 14. The summed E-state index contributed by atoms with van der Waals surface area (Å²) >= 11 is 0. The average Bonchev–Trinajstić information content (AvgIpc) is 3.59. The molecule has 1 aliphatic carbocycles. The maximum Gasteiger partial charge on any atom is 0.0713 e. The first-order valence-corrected chi connectivity index (χ1v) is 20.2. The molecule has 11 aromatic rings. The van der Waals surface area contributed by atoms with Gasteiger partial charge < -0.3 is 4.90 Å². The van der Waals surface area contributed by atoms with Crippen LogP contribution in [0.25, 0.3) is 65.0 Å². The van der Waals surface area contributed by atoms with Crippen molar-refractivity contribution in [3.05, 3.63) is 247 Å². The number of anilines is 3. The minimum atomic E-state index is -0.493. The predicted octanol–water partition coefficient (Wildman–Crippen LogP) is 15.3. The molecule has 0 N–H and O–H groups in total. The van der Waals surface area contributed by atoms with Crippen LogP contribution >= 0.6 is 0 Å². The molecular weight excluding hydrogens is 699 g/mol. The lowest BCUT2D eigenvalue weighted by molar-refractivity contribution is 0.769. The molecule has 0 radical (unpaired) electrons. The third kappa shape index (κ3) is 4.59. The predicted molar refractivity (Wildman–Crippen MR) is 246 cm³/mol. The van der Waals surface area contributed by atoms with Gasteiger partial charge in [-0.3, -0.25) is 0 Å². The molecule has 0 heterocycles. The quantitative estimate of drug-likeness (QED) is 0.159. The Morgan fingerprint density at radius 1 is 0.259 bits per heavy atom. The zero-order chi connectivity index (χ0) is 38.2. The Balaban J connectivity index is 1.28. The fourth-order valence-corrected chi connectivity index (χ4v) is 10.3. The molecule has 0 atom stereocenters. The summed E-state index contributed by atoms with van der Waals surface area (Å²) in [5.74, 6) is 0. The summed E-state index contributed by atoms with van der Waals surface area (Å²) in [5.41, 5.74) is 10.7. The Bertz CT molecular complexity index is 3290. The van der Waals surface area contributed by atoms with Crippen LogP contribution in [0.1, 0.15) is 22.3 Å². The lowest BCUT2D eigenvalue weighted by atomic mass is 9.67. The summed E-state index contributed by atoms with van der Waals surface area (Å²) in [7, 11) is 0. The first-order chi connectivity index (χ1) is 28.8. The lowest BCUT2D eigenvalue weighted by Gasteiger charge is -2.34. The second kappa shape index (κ2) is 12.8. The van der Waals surface area contributed by atoms with Crippen LogP contribution in [-0.2, 0) is 5.41 Å². The van der Waals surface area contributed by atoms with Crippen LogP contribution in [-0.4, -0.2) is 0 Å². The van der Waals surface area contributed by atoms with Gasteiger partial charge in [-0.25, -0.2) is 0 Å². The van der Waals surface area contributed by atoms with Crippen molar-refractivity contribution in [1.82, 2.24) is 0 Å². The maximum atomic E-state index is 2.56. The Morgan fingerprint density at radius 3 is 1.28 bits per heavy atom. The number of hydrogen-bond donors (Lipinski definition) is 0. The van der Waals surface area contributed by atoms with Crippen LogP contribution in [0, 0.1) is 0 Å². The fourth-order valence-electron chi connectivity index (χ4n) is 10.3. The van der Waals surface area contributed by atoms with E-state index in [1.165, 1.54) is 87.2 Å². The highest BCUT2D eigenvalue weighted by molar-refractivity contribution is 6.40. The van der Waals surface area contributed by atoms with E-state index in [0.717, 1.165) is 17.1 Å². The summed E-state index contributed by atoms with van der Waals surface area (Å²) in [6.45, 7) is 0. The van der Waals surface area contributed by atoms with Gasteiger partial charge in [-0.05, 0) is 136 Å². The van der Waals surface area contributed by atoms with Gasteiger partial charge >= 0.3 is 0 Å². The monoisotopic (exact) mass is 735 g/mol. The zero-order valence-corrected chi connectivity index (χ0v) is 31.8. The van der Waals surface area contributed by atoms with Gasteiger partial charge in [0, 0.05) is 17.1 Å². The number of para-hydroxylation sites is 2. The summed E-state index contributed by atoms with van der Waals surface area (Å²) in [6, 6.07) is 83.1. The molecule has 0 amide bonds. The summed E-state index contributed by atoms with van der Waals surface area (Å²) in [4.78, 5) is 2.38. The number of hydrogen-bond acceptors (Lipinski definition) is 1. The molecule has 1 heteroatoms. The van der Waals surface area contributed by atoms with Crippen molar-refractivity contribution in [2.45, 2.75) is 5.41 Å². The Hall–Kier alpha value is -7.48. The first kappa shape index (κ1) is 32.7. The fraction of sp³-hybridized carbons (Fsp3) is 0.0175. The SMILES string of the molecule is c1ccc(N(c2ccccc2)c2ccc3c4cc5c(cc4c4c6ccccc6c6ccccc6c4c3c2)-c2ccccc2C5(c2ccccc2)c2ccccc2)cc1. The molecule has 0 aromatic heterocycles. The first-order valence-electron chi connectivity index (χ1n) is 20.2. The summed E-state index contributed by atoms with van der Waals surface area (Å²) < 4.78 is 0. The summed E-state index contributed by atoms with van der Waals surface area (Å²) in [5, 5.41) is 12.8. The van der Waals surface area contributed by atoms with E-state index in [4.69, 9.17) is 0 Å². The number of rotatable bonds is 5. The normalized spacial score (nSPS) is 13.0. The third-order valence-corrected chi connectivity index (χ3v) is 12.6. The van der Waals surface area contributed by atoms with Crippen LogP contribution in [0.5, 0.6) is 0 Å². The van der Waals surface area contributed by atoms with E-state index in [1.54, 1.807) is 0 Å². The average molecular weight is 736 g/mol. The van der Waals surface area contributed by atoms with Crippen molar-refractivity contribution >= 4 is 70.9 Å². The highest BCUT2D eigenvalue weighted by Crippen LogP contribution is 2.58. The van der Waals surface area contributed by atoms with E-state index in [1.807, 2.05) is 0 Å². The second-order valence-electron chi connectivity index (χ2n) is 15.5. The van der Waals surface area contributed by atoms with Gasteiger partial charge in [0.25, 0.3) is 0 Å². The molecule has 0 saturated carbocycles. The van der Waals surface area contributed by atoms with Crippen LogP contribution in [0.15, 0.2) is 224 Å². The van der Waals surface area contributed by atoms with Gasteiger partial charge in [0.2, 0.25) is 0 Å². The molecule has 11 aromatic carbocycles. The van der Waals surface area contributed by atoms with Crippen molar-refractivity contribution in [3.63, 3.8) is 0 Å². The van der Waals surface area contributed by atoms with Gasteiger partial charge in [-0.15, -0.1) is 0 Å². The van der Waals surface area contributed by atoms with Crippen LogP contribution in [0.3, 0.4) is 0 Å². The number of nitrogens with zero attached hydrogens (tertiary/aromatic N) is 1. The molecular formula is C57H37N. The molecule has 0 saturated heterocycles. The smallest absolute Gasteiger partial charge is 0.0713 e. The van der Waals surface area contributed by atoms with Gasteiger partial charge in [0.1, 0.15) is 0 Å². The topological polar surface area (TPSA) is 3.24 Å². The molecule has 0 bridgehead atoms. The third-order valence-electron chi connectivity index (χ3n) is 12.6. The van der Waals surface area contributed by atoms with Crippen molar-refractivity contribution in [3.8, 4) is 11.1 Å². The lowest BCUT2D eigenvalue weighted by Crippen LogP contribution is -2.28. The Kier molecular flexibility index (Phi) is 7.21. The molecule has 12 rings (SSSR count). The van der Waals surface area contributed by atoms with Crippen LogP contribution < -0.4 is 4.90 Å². The second-order valence-corrected chi connectivity index (χ2v) is 15.5. The Morgan fingerprint density at radius 2 is 0.707 bits per heavy atom. The number of benzene rings is 11. The minimum Gasteiger partial charge on any atom is -0.310 e. The standard InChI is InChI=1S/C57H37N/c1-5-19-38(20-6-1)57(39-21-7-2-8-22-39)53-32-18-17-29-46(53)50-36-52-49(37-54(50)57)45-34-33-42(58(40-23-9-3-10-24-40)41-25-11-4-12-26-41)35-51(45)55-47-30-15-13-27-43(47)44-28-14-16-31-48(44)56(52)55/h1-37H. The highest BCUT2D eigenvalue weighted by Gasteiger charge is 2.46.